The fourth-order valence-electron chi connectivity index (χ4n) is 4.46. The SMILES string of the molecule is CCCc1nc(N2CCN(C(=O)C=Cc3ccccc3)CC2)c2c(-c3cccc(C(F)(F)F)c3)noc2n1. The third-order valence-electron chi connectivity index (χ3n) is 6.41. The normalized spacial score (nSPS) is 14.5. The van der Waals surface area contributed by atoms with E-state index in [0.717, 1.165) is 24.1 Å². The predicted octanol–water partition coefficient (Wildman–Crippen LogP) is 5.62. The topological polar surface area (TPSA) is 75.4 Å². The number of alkyl halides is 3. The number of hydrogen-bond donors (Lipinski definition) is 0. The molecule has 2 aromatic heterocycles. The van der Waals surface area contributed by atoms with Crippen molar-refractivity contribution >= 4 is 28.9 Å². The van der Waals surface area contributed by atoms with Crippen molar-refractivity contribution in [1.29, 1.82) is 0 Å². The third kappa shape index (κ3) is 5.39. The summed E-state index contributed by atoms with van der Waals surface area (Å²) >= 11 is 0. The molecule has 2 aromatic carbocycles. The van der Waals surface area contributed by atoms with Gasteiger partial charge in [0.25, 0.3) is 5.71 Å². The van der Waals surface area contributed by atoms with Crippen LogP contribution in [-0.2, 0) is 17.4 Å². The number of anilines is 1. The molecular weight excluding hydrogens is 495 g/mol. The van der Waals surface area contributed by atoms with E-state index < -0.39 is 11.7 Å². The number of aryl methyl sites for hydroxylation is 1. The van der Waals surface area contributed by atoms with Crippen LogP contribution in [0.25, 0.3) is 28.4 Å². The van der Waals surface area contributed by atoms with Crippen molar-refractivity contribution in [1.82, 2.24) is 20.0 Å². The average molecular weight is 522 g/mol. The summed E-state index contributed by atoms with van der Waals surface area (Å²) in [6.45, 7) is 3.94. The summed E-state index contributed by atoms with van der Waals surface area (Å²) in [4.78, 5) is 25.8. The van der Waals surface area contributed by atoms with Crippen LogP contribution in [0.4, 0.5) is 19.0 Å². The van der Waals surface area contributed by atoms with E-state index in [9.17, 15) is 18.0 Å². The quantitative estimate of drug-likeness (QED) is 0.307. The van der Waals surface area contributed by atoms with Crippen molar-refractivity contribution in [3.8, 4) is 11.3 Å². The van der Waals surface area contributed by atoms with Crippen LogP contribution in [0.2, 0.25) is 0 Å². The molecule has 1 fully saturated rings. The molecule has 0 radical (unpaired) electrons. The number of carbonyl (C=O) groups excluding carboxylic acids is 1. The second-order valence-electron chi connectivity index (χ2n) is 9.06. The van der Waals surface area contributed by atoms with Crippen molar-refractivity contribution in [2.45, 2.75) is 25.9 Å². The van der Waals surface area contributed by atoms with Gasteiger partial charge in [0.1, 0.15) is 22.7 Å². The molecule has 5 rings (SSSR count). The average Bonchev–Trinajstić information content (AvgIpc) is 3.36. The van der Waals surface area contributed by atoms with Gasteiger partial charge < -0.3 is 14.3 Å². The lowest BCUT2D eigenvalue weighted by atomic mass is 10.1. The van der Waals surface area contributed by atoms with E-state index in [4.69, 9.17) is 9.51 Å². The molecule has 0 spiro atoms. The van der Waals surface area contributed by atoms with Gasteiger partial charge in [-0.3, -0.25) is 4.79 Å². The Morgan fingerprint density at radius 3 is 2.50 bits per heavy atom. The van der Waals surface area contributed by atoms with Crippen LogP contribution in [0.3, 0.4) is 0 Å². The highest BCUT2D eigenvalue weighted by Gasteiger charge is 2.32. The molecular formula is C28H26F3N5O2. The molecule has 7 nitrogen and oxygen atoms in total. The highest BCUT2D eigenvalue weighted by molar-refractivity contribution is 5.98. The first-order valence-electron chi connectivity index (χ1n) is 12.4. The van der Waals surface area contributed by atoms with Gasteiger partial charge in [0.2, 0.25) is 5.91 Å². The van der Waals surface area contributed by atoms with Gasteiger partial charge in [-0.25, -0.2) is 4.98 Å². The van der Waals surface area contributed by atoms with Crippen LogP contribution < -0.4 is 4.90 Å². The van der Waals surface area contributed by atoms with Crippen LogP contribution in [0.15, 0.2) is 65.2 Å². The molecule has 10 heteroatoms. The first kappa shape index (κ1) is 25.4. The number of aromatic nitrogens is 3. The van der Waals surface area contributed by atoms with Gasteiger partial charge in [-0.1, -0.05) is 54.5 Å². The number of benzene rings is 2. The molecule has 1 aliphatic rings. The van der Waals surface area contributed by atoms with Crippen LogP contribution in [0, 0.1) is 0 Å². The highest BCUT2D eigenvalue weighted by Crippen LogP contribution is 2.37. The number of nitrogens with zero attached hydrogens (tertiary/aromatic N) is 5. The van der Waals surface area contributed by atoms with Gasteiger partial charge in [-0.2, -0.15) is 18.2 Å². The maximum atomic E-state index is 13.4. The molecule has 1 saturated heterocycles. The van der Waals surface area contributed by atoms with E-state index in [1.54, 1.807) is 23.1 Å². The molecule has 0 aliphatic carbocycles. The standard InChI is InChI=1S/C28H26F3N5O2/c1-2-7-22-32-26(36-16-14-35(15-17-36)23(37)13-12-19-8-4-3-5-9-19)24-25(34-38-27(24)33-22)20-10-6-11-21(18-20)28(29,30)31/h3-6,8-13,18H,2,7,14-17H2,1H3. The van der Waals surface area contributed by atoms with Crippen LogP contribution in [0.5, 0.6) is 0 Å². The molecule has 38 heavy (non-hydrogen) atoms. The molecule has 0 bridgehead atoms. The second-order valence-corrected chi connectivity index (χ2v) is 9.06. The summed E-state index contributed by atoms with van der Waals surface area (Å²) in [5, 5.41) is 4.56. The van der Waals surface area contributed by atoms with Crippen LogP contribution >= 0.6 is 0 Å². The Balaban J connectivity index is 1.43. The van der Waals surface area contributed by atoms with E-state index >= 15 is 0 Å². The Morgan fingerprint density at radius 1 is 1.03 bits per heavy atom. The number of rotatable bonds is 6. The van der Waals surface area contributed by atoms with Crippen LogP contribution in [-0.4, -0.2) is 52.1 Å². The lowest BCUT2D eigenvalue weighted by Crippen LogP contribution is -2.48. The number of amides is 1. The molecule has 4 aromatic rings. The summed E-state index contributed by atoms with van der Waals surface area (Å²) < 4.78 is 45.6. The zero-order chi connectivity index (χ0) is 26.7. The lowest BCUT2D eigenvalue weighted by molar-refractivity contribution is -0.137. The van der Waals surface area contributed by atoms with Crippen LogP contribution in [0.1, 0.15) is 30.3 Å². The maximum absolute atomic E-state index is 13.4. The van der Waals surface area contributed by atoms with Crippen molar-refractivity contribution in [3.05, 3.63) is 77.6 Å². The van der Waals surface area contributed by atoms with E-state index in [-0.39, 0.29) is 22.9 Å². The Labute approximate surface area is 217 Å². The monoisotopic (exact) mass is 521 g/mol. The largest absolute Gasteiger partial charge is 0.416 e. The minimum atomic E-state index is -4.49. The first-order chi connectivity index (χ1) is 18.3. The molecule has 196 valence electrons. The number of halogens is 3. The van der Waals surface area contributed by atoms with Crippen molar-refractivity contribution in [3.63, 3.8) is 0 Å². The Bertz CT molecular complexity index is 1460. The Hall–Kier alpha value is -4.21. The number of piperazine rings is 1. The summed E-state index contributed by atoms with van der Waals surface area (Å²) in [6.07, 6.45) is 0.305. The highest BCUT2D eigenvalue weighted by atomic mass is 19.4. The first-order valence-corrected chi connectivity index (χ1v) is 12.4. The van der Waals surface area contributed by atoms with Gasteiger partial charge >= 0.3 is 6.18 Å². The second kappa shape index (κ2) is 10.6. The number of fused-ring (bicyclic) bond motifs is 1. The third-order valence-corrected chi connectivity index (χ3v) is 6.41. The molecule has 1 amide bonds. The predicted molar refractivity (Wildman–Crippen MR) is 138 cm³/mol. The van der Waals surface area contributed by atoms with Gasteiger partial charge in [0.15, 0.2) is 0 Å². The smallest absolute Gasteiger partial charge is 0.352 e. The summed E-state index contributed by atoms with van der Waals surface area (Å²) in [7, 11) is 0. The zero-order valence-corrected chi connectivity index (χ0v) is 20.8. The number of carbonyl (C=O) groups is 1. The van der Waals surface area contributed by atoms with E-state index in [1.165, 1.54) is 6.07 Å². The van der Waals surface area contributed by atoms with Crippen molar-refractivity contribution in [2.75, 3.05) is 31.1 Å². The fraction of sp³-hybridized carbons (Fsp3) is 0.286. The van der Waals surface area contributed by atoms with E-state index in [0.29, 0.717) is 49.6 Å². The summed E-state index contributed by atoms with van der Waals surface area (Å²) in [5.41, 5.74) is 0.933. The molecule has 0 atom stereocenters. The lowest BCUT2D eigenvalue weighted by Gasteiger charge is -2.35. The molecule has 1 aliphatic heterocycles. The van der Waals surface area contributed by atoms with Crippen molar-refractivity contribution < 1.29 is 22.5 Å². The molecule has 3 heterocycles. The van der Waals surface area contributed by atoms with Crippen molar-refractivity contribution in [2.24, 2.45) is 0 Å². The van der Waals surface area contributed by atoms with Gasteiger partial charge in [0.05, 0.1) is 5.56 Å². The summed E-state index contributed by atoms with van der Waals surface area (Å²) in [5.74, 6) is 1.05. The Kier molecular flexibility index (Phi) is 7.13. The van der Waals surface area contributed by atoms with E-state index in [2.05, 4.69) is 10.1 Å². The molecule has 0 N–H and O–H groups in total. The number of hydrogen-bond acceptors (Lipinski definition) is 6. The maximum Gasteiger partial charge on any atom is 0.416 e. The van der Waals surface area contributed by atoms with Gasteiger partial charge in [-0.15, -0.1) is 0 Å². The van der Waals surface area contributed by atoms with Gasteiger partial charge in [-0.05, 0) is 30.2 Å². The zero-order valence-electron chi connectivity index (χ0n) is 20.8. The van der Waals surface area contributed by atoms with E-state index in [1.807, 2.05) is 42.2 Å². The minimum absolute atomic E-state index is 0.0809. The minimum Gasteiger partial charge on any atom is -0.352 e. The molecule has 0 saturated carbocycles. The molecule has 0 unspecified atom stereocenters. The fourth-order valence-corrected chi connectivity index (χ4v) is 4.46. The summed E-state index contributed by atoms with van der Waals surface area (Å²) in [6, 6.07) is 14.6. The Morgan fingerprint density at radius 2 is 1.79 bits per heavy atom. The van der Waals surface area contributed by atoms with Gasteiger partial charge in [0, 0.05) is 44.2 Å².